The van der Waals surface area contributed by atoms with Crippen molar-refractivity contribution < 1.29 is 27.5 Å². The third kappa shape index (κ3) is 4.17. The van der Waals surface area contributed by atoms with E-state index in [4.69, 9.17) is 4.74 Å². The van der Waals surface area contributed by atoms with Crippen LogP contribution in [-0.4, -0.2) is 59.3 Å². The van der Waals surface area contributed by atoms with Gasteiger partial charge in [0.05, 0.1) is 6.04 Å². The van der Waals surface area contributed by atoms with Crippen molar-refractivity contribution in [1.29, 1.82) is 0 Å². The number of aromatic nitrogens is 2. The van der Waals surface area contributed by atoms with Crippen molar-refractivity contribution in [2.45, 2.75) is 43.9 Å². The van der Waals surface area contributed by atoms with Crippen LogP contribution in [0.15, 0.2) is 6.07 Å². The maximum absolute atomic E-state index is 12.9. The molecule has 1 unspecified atom stereocenters. The van der Waals surface area contributed by atoms with Gasteiger partial charge in [-0.3, -0.25) is 14.3 Å². The fraction of sp³-hybridized carbons (Fsp3) is 0.688. The predicted octanol–water partition coefficient (Wildman–Crippen LogP) is 1.60. The minimum absolute atomic E-state index is 0.0376. The summed E-state index contributed by atoms with van der Waals surface area (Å²) in [7, 11) is 1.43. The van der Waals surface area contributed by atoms with Gasteiger partial charge < -0.3 is 15.0 Å². The Morgan fingerprint density at radius 3 is 2.69 bits per heavy atom. The quantitative estimate of drug-likeness (QED) is 0.850. The average Bonchev–Trinajstić information content (AvgIpc) is 3.32. The molecule has 1 aliphatic heterocycles. The summed E-state index contributed by atoms with van der Waals surface area (Å²) in [5.74, 6) is -0.764. The Morgan fingerprint density at radius 2 is 2.08 bits per heavy atom. The first-order valence-electron chi connectivity index (χ1n) is 8.54. The van der Waals surface area contributed by atoms with Crippen molar-refractivity contribution in [3.05, 3.63) is 17.5 Å². The lowest BCUT2D eigenvalue weighted by atomic mass is 10.1. The first-order chi connectivity index (χ1) is 12.3. The van der Waals surface area contributed by atoms with Crippen molar-refractivity contribution in [1.82, 2.24) is 20.0 Å². The van der Waals surface area contributed by atoms with Crippen LogP contribution in [0.4, 0.5) is 13.2 Å². The fourth-order valence-electron chi connectivity index (χ4n) is 3.10. The number of alkyl halides is 3. The Bertz CT molecular complexity index is 685. The minimum Gasteiger partial charge on any atom is -0.375 e. The number of nitrogens with one attached hydrogen (secondary N) is 1. The number of likely N-dealkylation sites (tertiary alicyclic amines) is 1. The van der Waals surface area contributed by atoms with Crippen molar-refractivity contribution in [2.75, 3.05) is 26.8 Å². The number of halogens is 3. The van der Waals surface area contributed by atoms with E-state index in [-0.39, 0.29) is 30.3 Å². The Labute approximate surface area is 148 Å². The van der Waals surface area contributed by atoms with Gasteiger partial charge in [0, 0.05) is 32.3 Å². The zero-order chi connectivity index (χ0) is 18.9. The van der Waals surface area contributed by atoms with E-state index in [9.17, 15) is 22.8 Å². The van der Waals surface area contributed by atoms with E-state index in [1.165, 1.54) is 11.8 Å². The van der Waals surface area contributed by atoms with E-state index in [2.05, 4.69) is 10.4 Å². The maximum Gasteiger partial charge on any atom is 0.435 e. The summed E-state index contributed by atoms with van der Waals surface area (Å²) in [6, 6.07) is 0.330. The van der Waals surface area contributed by atoms with Gasteiger partial charge in [-0.1, -0.05) is 0 Å². The first kappa shape index (κ1) is 18.7. The number of hydrogen-bond acceptors (Lipinski definition) is 4. The van der Waals surface area contributed by atoms with E-state index in [1.54, 1.807) is 4.90 Å². The number of carbonyl (C=O) groups is 2. The zero-order valence-corrected chi connectivity index (χ0v) is 14.4. The number of rotatable bonds is 5. The summed E-state index contributed by atoms with van der Waals surface area (Å²) in [4.78, 5) is 26.0. The van der Waals surface area contributed by atoms with Crippen LogP contribution in [0.5, 0.6) is 0 Å². The molecule has 0 aromatic carbocycles. The molecule has 1 N–H and O–H groups in total. The SMILES string of the molecule is COCC(=O)N1CCCC(NC(=O)c2cc(C(F)(F)F)nn2C2CC2)C1. The van der Waals surface area contributed by atoms with Gasteiger partial charge in [0.2, 0.25) is 5.91 Å². The van der Waals surface area contributed by atoms with Crippen LogP contribution in [-0.2, 0) is 15.7 Å². The number of methoxy groups -OCH3 is 1. The van der Waals surface area contributed by atoms with E-state index in [1.807, 2.05) is 0 Å². The van der Waals surface area contributed by atoms with Crippen molar-refractivity contribution in [3.63, 3.8) is 0 Å². The number of ether oxygens (including phenoxy) is 1. The Kier molecular flexibility index (Phi) is 5.22. The molecule has 26 heavy (non-hydrogen) atoms. The highest BCUT2D eigenvalue weighted by Crippen LogP contribution is 2.37. The molecule has 0 bridgehead atoms. The van der Waals surface area contributed by atoms with Crippen LogP contribution in [0.2, 0.25) is 0 Å². The van der Waals surface area contributed by atoms with Gasteiger partial charge in [0.1, 0.15) is 12.3 Å². The molecule has 144 valence electrons. The van der Waals surface area contributed by atoms with Gasteiger partial charge in [-0.05, 0) is 25.7 Å². The molecule has 3 rings (SSSR count). The number of nitrogens with zero attached hydrogens (tertiary/aromatic N) is 3. The van der Waals surface area contributed by atoms with Gasteiger partial charge in [0.15, 0.2) is 5.69 Å². The number of carbonyl (C=O) groups excluding carboxylic acids is 2. The third-order valence-corrected chi connectivity index (χ3v) is 4.53. The lowest BCUT2D eigenvalue weighted by molar-refractivity contribution is -0.141. The molecule has 10 heteroatoms. The summed E-state index contributed by atoms with van der Waals surface area (Å²) in [5, 5.41) is 6.32. The Morgan fingerprint density at radius 1 is 1.35 bits per heavy atom. The van der Waals surface area contributed by atoms with Crippen LogP contribution in [0, 0.1) is 0 Å². The monoisotopic (exact) mass is 374 g/mol. The standard InChI is InChI=1S/C16H21F3N4O3/c1-26-9-14(24)22-6-2-3-10(8-22)20-15(25)12-7-13(16(17,18)19)21-23(12)11-4-5-11/h7,10-11H,2-6,8-9H2,1H3,(H,20,25). The Balaban J connectivity index is 1.70. The lowest BCUT2D eigenvalue weighted by Crippen LogP contribution is -2.50. The highest BCUT2D eigenvalue weighted by molar-refractivity contribution is 5.93. The van der Waals surface area contributed by atoms with Gasteiger partial charge in [0.25, 0.3) is 5.91 Å². The predicted molar refractivity (Wildman–Crippen MR) is 84.4 cm³/mol. The van der Waals surface area contributed by atoms with Crippen LogP contribution >= 0.6 is 0 Å². The molecule has 1 aromatic heterocycles. The average molecular weight is 374 g/mol. The lowest BCUT2D eigenvalue weighted by Gasteiger charge is -2.33. The van der Waals surface area contributed by atoms with Crippen molar-refractivity contribution in [3.8, 4) is 0 Å². The highest BCUT2D eigenvalue weighted by Gasteiger charge is 2.39. The molecule has 1 saturated carbocycles. The van der Waals surface area contributed by atoms with Gasteiger partial charge in [-0.15, -0.1) is 0 Å². The largest absolute Gasteiger partial charge is 0.435 e. The molecule has 2 aliphatic rings. The molecule has 0 spiro atoms. The smallest absolute Gasteiger partial charge is 0.375 e. The van der Waals surface area contributed by atoms with E-state index < -0.39 is 17.8 Å². The normalized spacial score (nSPS) is 20.9. The topological polar surface area (TPSA) is 76.5 Å². The number of hydrogen-bond donors (Lipinski definition) is 1. The van der Waals surface area contributed by atoms with Crippen molar-refractivity contribution >= 4 is 11.8 Å². The van der Waals surface area contributed by atoms with Crippen molar-refractivity contribution in [2.24, 2.45) is 0 Å². The molecule has 1 saturated heterocycles. The molecule has 2 heterocycles. The fourth-order valence-corrected chi connectivity index (χ4v) is 3.10. The van der Waals surface area contributed by atoms with Crippen LogP contribution < -0.4 is 5.32 Å². The summed E-state index contributed by atoms with van der Waals surface area (Å²) >= 11 is 0. The molecule has 1 aliphatic carbocycles. The second-order valence-electron chi connectivity index (χ2n) is 6.67. The zero-order valence-electron chi connectivity index (χ0n) is 14.4. The van der Waals surface area contributed by atoms with Gasteiger partial charge >= 0.3 is 6.18 Å². The molecule has 2 fully saturated rings. The van der Waals surface area contributed by atoms with Crippen LogP contribution in [0.3, 0.4) is 0 Å². The van der Waals surface area contributed by atoms with Crippen LogP contribution in [0.25, 0.3) is 0 Å². The van der Waals surface area contributed by atoms with E-state index >= 15 is 0 Å². The molecule has 7 nitrogen and oxygen atoms in total. The molecular formula is C16H21F3N4O3. The van der Waals surface area contributed by atoms with Gasteiger partial charge in [-0.25, -0.2) is 0 Å². The van der Waals surface area contributed by atoms with E-state index in [0.29, 0.717) is 38.8 Å². The number of piperidine rings is 1. The Hall–Kier alpha value is -2.10. The molecular weight excluding hydrogens is 353 g/mol. The summed E-state index contributed by atoms with van der Waals surface area (Å²) in [6.45, 7) is 0.856. The minimum atomic E-state index is -4.59. The second-order valence-corrected chi connectivity index (χ2v) is 6.67. The molecule has 2 amide bonds. The highest BCUT2D eigenvalue weighted by atomic mass is 19.4. The van der Waals surface area contributed by atoms with E-state index in [0.717, 1.165) is 6.07 Å². The first-order valence-corrected chi connectivity index (χ1v) is 8.54. The number of amides is 2. The summed E-state index contributed by atoms with van der Waals surface area (Å²) in [5.41, 5.74) is -1.14. The molecule has 1 aromatic rings. The van der Waals surface area contributed by atoms with Gasteiger partial charge in [-0.2, -0.15) is 18.3 Å². The summed E-state index contributed by atoms with van der Waals surface area (Å²) < 4.78 is 44.8. The third-order valence-electron chi connectivity index (χ3n) is 4.53. The van der Waals surface area contributed by atoms with Crippen LogP contribution in [0.1, 0.15) is 47.9 Å². The summed E-state index contributed by atoms with van der Waals surface area (Å²) in [6.07, 6.45) is -1.81. The molecule has 1 atom stereocenters. The molecule has 0 radical (unpaired) electrons. The maximum atomic E-state index is 12.9. The second kappa shape index (κ2) is 7.26.